The summed E-state index contributed by atoms with van der Waals surface area (Å²) in [7, 11) is 0. The minimum atomic E-state index is -0.543. The van der Waals surface area contributed by atoms with Crippen molar-refractivity contribution >= 4 is 11.4 Å². The first kappa shape index (κ1) is 13.3. The number of hydrogen-bond acceptors (Lipinski definition) is 5. The Hall–Kier alpha value is -2.13. The molecule has 0 amide bonds. The molecule has 1 saturated heterocycles. The largest absolute Gasteiger partial charge is 0.382 e. The molecule has 0 bridgehead atoms. The van der Waals surface area contributed by atoms with Crippen molar-refractivity contribution in [1.82, 2.24) is 0 Å². The van der Waals surface area contributed by atoms with Gasteiger partial charge in [0.25, 0.3) is 5.69 Å². The quantitative estimate of drug-likeness (QED) is 0.666. The number of hydrogen-bond donors (Lipinski definition) is 1. The van der Waals surface area contributed by atoms with Crippen LogP contribution in [-0.4, -0.2) is 23.7 Å². The topological polar surface area (TPSA) is 88.2 Å². The lowest BCUT2D eigenvalue weighted by atomic mass is 10.0. The summed E-state index contributed by atoms with van der Waals surface area (Å²) in [6.45, 7) is 2.72. The standard InChI is InChI=1S/C13H15N3O3/c1-9-6-12(4-5-19-9)15-11-2-3-13(16(17)18)10(7-11)8-14/h2-3,7,9,12,15H,4-6H2,1H3. The lowest BCUT2D eigenvalue weighted by Gasteiger charge is -2.28. The number of nitrogens with one attached hydrogen (secondary N) is 1. The highest BCUT2D eigenvalue weighted by atomic mass is 16.6. The second-order valence-electron chi connectivity index (χ2n) is 4.65. The molecule has 1 aromatic rings. The Morgan fingerprint density at radius 2 is 2.37 bits per heavy atom. The first-order chi connectivity index (χ1) is 9.10. The molecule has 1 N–H and O–H groups in total. The molecular formula is C13H15N3O3. The second kappa shape index (κ2) is 5.67. The van der Waals surface area contributed by atoms with Crippen LogP contribution >= 0.6 is 0 Å². The molecule has 0 radical (unpaired) electrons. The maximum atomic E-state index is 10.7. The molecule has 6 heteroatoms. The summed E-state index contributed by atoms with van der Waals surface area (Å²) in [4.78, 5) is 10.2. The van der Waals surface area contributed by atoms with Gasteiger partial charge >= 0.3 is 0 Å². The number of nitro groups is 1. The van der Waals surface area contributed by atoms with Gasteiger partial charge < -0.3 is 10.1 Å². The van der Waals surface area contributed by atoms with Crippen molar-refractivity contribution in [3.05, 3.63) is 33.9 Å². The van der Waals surface area contributed by atoms with Crippen LogP contribution in [0.15, 0.2) is 18.2 Å². The van der Waals surface area contributed by atoms with Gasteiger partial charge in [-0.25, -0.2) is 0 Å². The van der Waals surface area contributed by atoms with Crippen molar-refractivity contribution in [2.45, 2.75) is 31.9 Å². The van der Waals surface area contributed by atoms with Gasteiger partial charge in [-0.2, -0.15) is 5.26 Å². The van der Waals surface area contributed by atoms with Crippen LogP contribution in [0.25, 0.3) is 0 Å². The molecule has 1 aliphatic rings. The summed E-state index contributed by atoms with van der Waals surface area (Å²) < 4.78 is 5.46. The van der Waals surface area contributed by atoms with Crippen LogP contribution in [0.2, 0.25) is 0 Å². The third-order valence-electron chi connectivity index (χ3n) is 3.17. The van der Waals surface area contributed by atoms with Gasteiger partial charge in [-0.15, -0.1) is 0 Å². The van der Waals surface area contributed by atoms with E-state index in [1.807, 2.05) is 13.0 Å². The van der Waals surface area contributed by atoms with Crippen molar-refractivity contribution < 1.29 is 9.66 Å². The Labute approximate surface area is 111 Å². The highest BCUT2D eigenvalue weighted by molar-refractivity contribution is 5.59. The van der Waals surface area contributed by atoms with Crippen molar-refractivity contribution in [2.75, 3.05) is 11.9 Å². The zero-order valence-corrected chi connectivity index (χ0v) is 10.6. The Kier molecular flexibility index (Phi) is 3.97. The normalized spacial score (nSPS) is 22.5. The van der Waals surface area contributed by atoms with Crippen LogP contribution in [0.1, 0.15) is 25.3 Å². The molecule has 6 nitrogen and oxygen atoms in total. The predicted molar refractivity (Wildman–Crippen MR) is 69.9 cm³/mol. The van der Waals surface area contributed by atoms with Crippen molar-refractivity contribution in [2.24, 2.45) is 0 Å². The summed E-state index contributed by atoms with van der Waals surface area (Å²) in [6, 6.07) is 6.66. The molecule has 2 unspecified atom stereocenters. The van der Waals surface area contributed by atoms with E-state index < -0.39 is 4.92 Å². The van der Waals surface area contributed by atoms with E-state index >= 15 is 0 Å². The minimum absolute atomic E-state index is 0.0788. The Morgan fingerprint density at radius 1 is 1.58 bits per heavy atom. The third kappa shape index (κ3) is 3.20. The Balaban J connectivity index is 2.13. The fourth-order valence-electron chi connectivity index (χ4n) is 2.24. The second-order valence-corrected chi connectivity index (χ2v) is 4.65. The molecule has 2 rings (SSSR count). The van der Waals surface area contributed by atoms with Gasteiger partial charge in [-0.05, 0) is 31.9 Å². The number of benzene rings is 1. The van der Waals surface area contributed by atoms with Gasteiger partial charge in [0.1, 0.15) is 11.6 Å². The predicted octanol–water partition coefficient (Wildman–Crippen LogP) is 2.45. The Bertz CT molecular complexity index is 524. The van der Waals surface area contributed by atoms with Gasteiger partial charge in [0, 0.05) is 24.4 Å². The molecule has 1 heterocycles. The number of nitrogens with zero attached hydrogens (tertiary/aromatic N) is 2. The number of nitriles is 1. The van der Waals surface area contributed by atoms with E-state index in [2.05, 4.69) is 5.32 Å². The van der Waals surface area contributed by atoms with Crippen LogP contribution in [0.3, 0.4) is 0 Å². The zero-order chi connectivity index (χ0) is 13.8. The van der Waals surface area contributed by atoms with Crippen LogP contribution < -0.4 is 5.32 Å². The molecule has 1 fully saturated rings. The maximum absolute atomic E-state index is 10.7. The van der Waals surface area contributed by atoms with E-state index in [4.69, 9.17) is 10.00 Å². The van der Waals surface area contributed by atoms with Crippen molar-refractivity contribution in [3.8, 4) is 6.07 Å². The highest BCUT2D eigenvalue weighted by Gasteiger charge is 2.20. The molecule has 0 saturated carbocycles. The molecule has 1 aliphatic heterocycles. The van der Waals surface area contributed by atoms with Crippen LogP contribution in [0.4, 0.5) is 11.4 Å². The first-order valence-electron chi connectivity index (χ1n) is 6.17. The summed E-state index contributed by atoms with van der Waals surface area (Å²) >= 11 is 0. The van der Waals surface area contributed by atoms with E-state index in [1.165, 1.54) is 12.1 Å². The smallest absolute Gasteiger partial charge is 0.287 e. The third-order valence-corrected chi connectivity index (χ3v) is 3.17. The average Bonchev–Trinajstić information content (AvgIpc) is 2.38. The van der Waals surface area contributed by atoms with Gasteiger partial charge in [0.2, 0.25) is 0 Å². The fraction of sp³-hybridized carbons (Fsp3) is 0.462. The van der Waals surface area contributed by atoms with E-state index in [0.29, 0.717) is 6.61 Å². The van der Waals surface area contributed by atoms with Gasteiger partial charge in [-0.3, -0.25) is 10.1 Å². The molecule has 2 atom stereocenters. The molecule has 0 aliphatic carbocycles. The lowest BCUT2D eigenvalue weighted by Crippen LogP contribution is -2.32. The van der Waals surface area contributed by atoms with Crippen molar-refractivity contribution in [3.63, 3.8) is 0 Å². The lowest BCUT2D eigenvalue weighted by molar-refractivity contribution is -0.385. The van der Waals surface area contributed by atoms with Crippen LogP contribution in [0.5, 0.6) is 0 Å². The monoisotopic (exact) mass is 261 g/mol. The zero-order valence-electron chi connectivity index (χ0n) is 10.6. The minimum Gasteiger partial charge on any atom is -0.382 e. The summed E-state index contributed by atoms with van der Waals surface area (Å²) in [6.07, 6.45) is 1.99. The van der Waals surface area contributed by atoms with Gasteiger partial charge in [-0.1, -0.05) is 0 Å². The number of anilines is 1. The van der Waals surface area contributed by atoms with Gasteiger partial charge in [0.15, 0.2) is 0 Å². The number of rotatable bonds is 3. The molecule has 0 aromatic heterocycles. The van der Waals surface area contributed by atoms with E-state index in [1.54, 1.807) is 6.07 Å². The number of ether oxygens (including phenoxy) is 1. The van der Waals surface area contributed by atoms with E-state index in [-0.39, 0.29) is 23.4 Å². The first-order valence-corrected chi connectivity index (χ1v) is 6.17. The van der Waals surface area contributed by atoms with Crippen LogP contribution in [-0.2, 0) is 4.74 Å². The maximum Gasteiger partial charge on any atom is 0.287 e. The fourth-order valence-corrected chi connectivity index (χ4v) is 2.24. The van der Waals surface area contributed by atoms with Crippen molar-refractivity contribution in [1.29, 1.82) is 5.26 Å². The average molecular weight is 261 g/mol. The SMILES string of the molecule is CC1CC(Nc2ccc([N+](=O)[O-])c(C#N)c2)CCO1. The summed E-state index contributed by atoms with van der Waals surface area (Å²) in [5, 5.41) is 23.0. The molecule has 0 spiro atoms. The molecule has 100 valence electrons. The van der Waals surface area contributed by atoms with Gasteiger partial charge in [0.05, 0.1) is 11.0 Å². The summed E-state index contributed by atoms with van der Waals surface area (Å²) in [5.74, 6) is 0. The highest BCUT2D eigenvalue weighted by Crippen LogP contribution is 2.24. The van der Waals surface area contributed by atoms with Crippen LogP contribution in [0, 0.1) is 21.4 Å². The van der Waals surface area contributed by atoms with E-state index in [0.717, 1.165) is 18.5 Å². The molecule has 19 heavy (non-hydrogen) atoms. The summed E-state index contributed by atoms with van der Waals surface area (Å²) in [5.41, 5.74) is 0.657. The molecule has 1 aromatic carbocycles. The number of nitro benzene ring substituents is 1. The molecular weight excluding hydrogens is 246 g/mol. The van der Waals surface area contributed by atoms with E-state index in [9.17, 15) is 10.1 Å². The Morgan fingerprint density at radius 3 is 3.00 bits per heavy atom.